The van der Waals surface area contributed by atoms with E-state index in [2.05, 4.69) is 108 Å². The highest BCUT2D eigenvalue weighted by Crippen LogP contribution is 2.44. The molecule has 248 valence electrons. The van der Waals surface area contributed by atoms with Gasteiger partial charge in [0.2, 0.25) is 0 Å². The Morgan fingerprint density at radius 1 is 0.302 bits per heavy atom. The Balaban J connectivity index is 1.02. The van der Waals surface area contributed by atoms with Gasteiger partial charge in [-0.3, -0.25) is 0 Å². The zero-order valence-corrected chi connectivity index (χ0v) is 28.2. The third-order valence-corrected chi connectivity index (χ3v) is 10.7. The van der Waals surface area contributed by atoms with Gasteiger partial charge in [-0.25, -0.2) is 0 Å². The van der Waals surface area contributed by atoms with Gasteiger partial charge >= 0.3 is 0 Å². The Kier molecular flexibility index (Phi) is 5.71. The molecule has 0 amide bonds. The van der Waals surface area contributed by atoms with Crippen molar-refractivity contribution in [2.45, 2.75) is 0 Å². The molecule has 0 N–H and O–H groups in total. The normalized spacial score (nSPS) is 12.2. The number of fused-ring (bicyclic) bond motifs is 13. The second kappa shape index (κ2) is 10.6. The summed E-state index contributed by atoms with van der Waals surface area (Å²) in [6.07, 6.45) is 0. The molecule has 0 fully saturated rings. The fourth-order valence-corrected chi connectivity index (χ4v) is 8.24. The molecule has 12 aromatic rings. The van der Waals surface area contributed by atoms with Crippen LogP contribution in [0.5, 0.6) is 0 Å². The fourth-order valence-electron chi connectivity index (χ4n) is 8.24. The topological polar surface area (TPSA) is 55.8 Å². The average Bonchev–Trinajstić information content (AvgIpc) is 3.97. The molecule has 4 aromatic heterocycles. The molecule has 5 nitrogen and oxygen atoms in total. The van der Waals surface area contributed by atoms with Crippen LogP contribution in [0.4, 0.5) is 17.1 Å². The smallest absolute Gasteiger partial charge is 0.147 e. The van der Waals surface area contributed by atoms with Gasteiger partial charge in [0.1, 0.15) is 44.7 Å². The molecule has 0 aliphatic rings. The highest BCUT2D eigenvalue weighted by Gasteiger charge is 2.20. The largest absolute Gasteiger partial charge is 0.456 e. The zero-order chi connectivity index (χ0) is 34.6. The van der Waals surface area contributed by atoms with Gasteiger partial charge in [0.25, 0.3) is 0 Å². The second-order valence-electron chi connectivity index (χ2n) is 13.6. The summed E-state index contributed by atoms with van der Waals surface area (Å²) in [6, 6.07) is 56.6. The first-order chi connectivity index (χ1) is 26.2. The van der Waals surface area contributed by atoms with E-state index in [9.17, 15) is 0 Å². The summed E-state index contributed by atoms with van der Waals surface area (Å²) in [5, 5.41) is 8.61. The Labute approximate surface area is 301 Å². The Morgan fingerprint density at radius 3 is 1.45 bits per heavy atom. The van der Waals surface area contributed by atoms with Crippen molar-refractivity contribution in [1.29, 1.82) is 0 Å². The van der Waals surface area contributed by atoms with Gasteiger partial charge in [0.15, 0.2) is 0 Å². The maximum atomic E-state index is 6.77. The molecule has 0 radical (unpaired) electrons. The summed E-state index contributed by atoms with van der Waals surface area (Å²) in [4.78, 5) is 2.26. The summed E-state index contributed by atoms with van der Waals surface area (Å²) in [5.74, 6) is 0. The predicted molar refractivity (Wildman–Crippen MR) is 216 cm³/mol. The number of rotatable bonds is 4. The Hall–Kier alpha value is -7.24. The van der Waals surface area contributed by atoms with Crippen LogP contribution in [0.15, 0.2) is 181 Å². The van der Waals surface area contributed by atoms with Gasteiger partial charge in [-0.15, -0.1) is 0 Å². The molecular weight excluding hydrogens is 655 g/mol. The minimum Gasteiger partial charge on any atom is -0.456 e. The van der Waals surface area contributed by atoms with Gasteiger partial charge in [-0.2, -0.15) is 0 Å². The van der Waals surface area contributed by atoms with Gasteiger partial charge in [-0.1, -0.05) is 84.9 Å². The van der Waals surface area contributed by atoms with Gasteiger partial charge in [0, 0.05) is 72.5 Å². The van der Waals surface area contributed by atoms with Crippen molar-refractivity contribution in [2.24, 2.45) is 0 Å². The molecule has 0 unspecified atom stereocenters. The number of benzene rings is 8. The molecule has 5 heteroatoms. The van der Waals surface area contributed by atoms with Crippen molar-refractivity contribution in [3.63, 3.8) is 0 Å². The molecule has 0 aliphatic heterocycles. The van der Waals surface area contributed by atoms with Crippen LogP contribution in [0.3, 0.4) is 0 Å². The maximum Gasteiger partial charge on any atom is 0.147 e. The van der Waals surface area contributed by atoms with Crippen LogP contribution in [-0.4, -0.2) is 0 Å². The van der Waals surface area contributed by atoms with E-state index in [1.165, 1.54) is 0 Å². The van der Waals surface area contributed by atoms with E-state index < -0.39 is 0 Å². The first kappa shape index (κ1) is 28.5. The molecule has 0 bridgehead atoms. The summed E-state index contributed by atoms with van der Waals surface area (Å²) in [5.41, 5.74) is 11.9. The lowest BCUT2D eigenvalue weighted by atomic mass is 10.0. The summed E-state index contributed by atoms with van der Waals surface area (Å²) in [7, 11) is 0. The lowest BCUT2D eigenvalue weighted by Crippen LogP contribution is -2.09. The Bertz CT molecular complexity index is 3300. The minimum absolute atomic E-state index is 0.824. The van der Waals surface area contributed by atoms with E-state index in [0.717, 1.165) is 116 Å². The number of anilines is 3. The van der Waals surface area contributed by atoms with Crippen molar-refractivity contribution in [3.8, 4) is 11.1 Å². The molecule has 0 spiro atoms. The van der Waals surface area contributed by atoms with Crippen molar-refractivity contribution >= 4 is 105 Å². The molecule has 4 heterocycles. The van der Waals surface area contributed by atoms with Crippen molar-refractivity contribution in [1.82, 2.24) is 0 Å². The van der Waals surface area contributed by atoms with Crippen LogP contribution in [0, 0.1) is 0 Å². The van der Waals surface area contributed by atoms with E-state index in [1.807, 2.05) is 60.7 Å². The van der Waals surface area contributed by atoms with Crippen LogP contribution in [0.25, 0.3) is 98.9 Å². The van der Waals surface area contributed by atoms with Crippen LogP contribution in [0.2, 0.25) is 0 Å². The third kappa shape index (κ3) is 4.13. The minimum atomic E-state index is 0.824. The molecular formula is C48H27NO4. The number of furan rings is 4. The highest BCUT2D eigenvalue weighted by molar-refractivity contribution is 6.23. The quantitative estimate of drug-likeness (QED) is 0.185. The number of nitrogens with zero attached hydrogens (tertiary/aromatic N) is 1. The van der Waals surface area contributed by atoms with Crippen LogP contribution in [0.1, 0.15) is 0 Å². The molecule has 12 rings (SSSR count). The van der Waals surface area contributed by atoms with E-state index in [4.69, 9.17) is 17.7 Å². The van der Waals surface area contributed by atoms with Gasteiger partial charge in [0.05, 0.1) is 5.39 Å². The molecule has 0 saturated carbocycles. The number of para-hydroxylation sites is 4. The molecule has 53 heavy (non-hydrogen) atoms. The summed E-state index contributed by atoms with van der Waals surface area (Å²) < 4.78 is 25.7. The first-order valence-electron chi connectivity index (χ1n) is 17.7. The highest BCUT2D eigenvalue weighted by atomic mass is 16.3. The zero-order valence-electron chi connectivity index (χ0n) is 28.2. The Morgan fingerprint density at radius 2 is 0.792 bits per heavy atom. The second-order valence-corrected chi connectivity index (χ2v) is 13.6. The van der Waals surface area contributed by atoms with Crippen molar-refractivity contribution in [3.05, 3.63) is 164 Å². The molecule has 0 atom stereocenters. The van der Waals surface area contributed by atoms with Crippen molar-refractivity contribution < 1.29 is 17.7 Å². The average molecular weight is 682 g/mol. The van der Waals surface area contributed by atoms with Crippen LogP contribution < -0.4 is 4.90 Å². The number of hydrogen-bond donors (Lipinski definition) is 0. The predicted octanol–water partition coefficient (Wildman–Crippen LogP) is 14.4. The maximum absolute atomic E-state index is 6.77. The van der Waals surface area contributed by atoms with Crippen LogP contribution >= 0.6 is 0 Å². The monoisotopic (exact) mass is 681 g/mol. The lowest BCUT2D eigenvalue weighted by molar-refractivity contribution is 0.663. The standard InChI is InChI=1S/C48H27NO4/c1-4-13-40-33(8-1)35-22-20-30(26-44(35)51-40)49(31-21-23-36-34-9-2-5-14-41(34)52-45(36)27-31)29-18-16-28(17-19-29)32-11-7-12-37-38-24-25-43-46(48(38)53-47(32)37)39-10-3-6-15-42(39)50-43/h1-27H. The van der Waals surface area contributed by atoms with E-state index in [1.54, 1.807) is 0 Å². The molecule has 0 saturated heterocycles. The SMILES string of the molecule is c1ccc2c(c1)oc1cc(N(c3ccc(-c4cccc5c4oc4c5ccc5oc6ccccc6c54)cc3)c3ccc4c(c3)oc3ccccc34)ccc12. The summed E-state index contributed by atoms with van der Waals surface area (Å²) in [6.45, 7) is 0. The van der Waals surface area contributed by atoms with Crippen LogP contribution in [-0.2, 0) is 0 Å². The van der Waals surface area contributed by atoms with Gasteiger partial charge < -0.3 is 22.6 Å². The van der Waals surface area contributed by atoms with Gasteiger partial charge in [-0.05, 0) is 72.3 Å². The number of hydrogen-bond acceptors (Lipinski definition) is 5. The first-order valence-corrected chi connectivity index (χ1v) is 17.7. The van der Waals surface area contributed by atoms with E-state index in [-0.39, 0.29) is 0 Å². The van der Waals surface area contributed by atoms with E-state index >= 15 is 0 Å². The molecule has 8 aromatic carbocycles. The van der Waals surface area contributed by atoms with Crippen molar-refractivity contribution in [2.75, 3.05) is 4.90 Å². The fraction of sp³-hybridized carbons (Fsp3) is 0. The summed E-state index contributed by atoms with van der Waals surface area (Å²) >= 11 is 0. The lowest BCUT2D eigenvalue weighted by Gasteiger charge is -2.25. The molecule has 0 aliphatic carbocycles. The van der Waals surface area contributed by atoms with E-state index in [0.29, 0.717) is 0 Å². The third-order valence-electron chi connectivity index (χ3n) is 10.7.